The van der Waals surface area contributed by atoms with E-state index in [1.54, 1.807) is 14.2 Å². The van der Waals surface area contributed by atoms with E-state index in [1.807, 2.05) is 32.0 Å². The summed E-state index contributed by atoms with van der Waals surface area (Å²) in [7, 11) is 3.34. The maximum atomic E-state index is 5.73. The number of benzene rings is 1. The molecule has 0 aromatic heterocycles. The SMILES string of the molecule is COc1ccc(C(C)(CN)OC)c(C)c1. The van der Waals surface area contributed by atoms with Crippen molar-refractivity contribution in [2.45, 2.75) is 19.4 Å². The summed E-state index contributed by atoms with van der Waals surface area (Å²) in [5.41, 5.74) is 7.55. The van der Waals surface area contributed by atoms with Crippen molar-refractivity contribution in [3.05, 3.63) is 29.3 Å². The molecule has 1 rings (SSSR count). The molecule has 0 bridgehead atoms. The van der Waals surface area contributed by atoms with Gasteiger partial charge < -0.3 is 15.2 Å². The molecule has 0 aliphatic rings. The van der Waals surface area contributed by atoms with E-state index in [0.29, 0.717) is 6.54 Å². The highest BCUT2D eigenvalue weighted by Crippen LogP contribution is 2.28. The Kier molecular flexibility index (Phi) is 3.72. The zero-order chi connectivity index (χ0) is 11.5. The van der Waals surface area contributed by atoms with Crippen LogP contribution in [0.5, 0.6) is 5.75 Å². The predicted molar refractivity (Wildman–Crippen MR) is 61.1 cm³/mol. The first kappa shape index (κ1) is 12.0. The van der Waals surface area contributed by atoms with Crippen LogP contribution in [0.2, 0.25) is 0 Å². The molecule has 1 aromatic carbocycles. The number of nitrogens with two attached hydrogens (primary N) is 1. The van der Waals surface area contributed by atoms with Crippen molar-refractivity contribution in [1.82, 2.24) is 0 Å². The van der Waals surface area contributed by atoms with Gasteiger partial charge in [-0.05, 0) is 37.1 Å². The van der Waals surface area contributed by atoms with Gasteiger partial charge in [-0.1, -0.05) is 6.07 Å². The minimum Gasteiger partial charge on any atom is -0.497 e. The standard InChI is InChI=1S/C12H19NO2/c1-9-7-10(14-3)5-6-11(9)12(2,8-13)15-4/h5-7H,8,13H2,1-4H3. The molecule has 0 spiro atoms. The molecule has 3 nitrogen and oxygen atoms in total. The number of methoxy groups -OCH3 is 2. The minimum atomic E-state index is -0.420. The molecule has 84 valence electrons. The molecule has 0 heterocycles. The van der Waals surface area contributed by atoms with E-state index < -0.39 is 5.60 Å². The number of aryl methyl sites for hydroxylation is 1. The van der Waals surface area contributed by atoms with Crippen LogP contribution in [0, 0.1) is 6.92 Å². The van der Waals surface area contributed by atoms with E-state index in [1.165, 1.54) is 0 Å². The molecular formula is C12H19NO2. The third-order valence-corrected chi connectivity index (χ3v) is 2.84. The van der Waals surface area contributed by atoms with Crippen LogP contribution in [0.1, 0.15) is 18.1 Å². The van der Waals surface area contributed by atoms with E-state index >= 15 is 0 Å². The summed E-state index contributed by atoms with van der Waals surface area (Å²) in [6.07, 6.45) is 0. The quantitative estimate of drug-likeness (QED) is 0.822. The first-order valence-electron chi connectivity index (χ1n) is 4.97. The summed E-state index contributed by atoms with van der Waals surface area (Å²) in [5, 5.41) is 0. The normalized spacial score (nSPS) is 14.7. The summed E-state index contributed by atoms with van der Waals surface area (Å²) in [6, 6.07) is 5.92. The highest BCUT2D eigenvalue weighted by atomic mass is 16.5. The molecular weight excluding hydrogens is 190 g/mol. The average molecular weight is 209 g/mol. The fourth-order valence-electron chi connectivity index (χ4n) is 1.66. The van der Waals surface area contributed by atoms with Crippen molar-refractivity contribution < 1.29 is 9.47 Å². The van der Waals surface area contributed by atoms with Gasteiger partial charge in [0.25, 0.3) is 0 Å². The Bertz CT molecular complexity index is 332. The second-order valence-corrected chi connectivity index (χ2v) is 3.82. The molecule has 0 aliphatic carbocycles. The summed E-state index contributed by atoms with van der Waals surface area (Å²) in [4.78, 5) is 0. The lowest BCUT2D eigenvalue weighted by molar-refractivity contribution is 0.00953. The van der Waals surface area contributed by atoms with Gasteiger partial charge in [-0.25, -0.2) is 0 Å². The molecule has 15 heavy (non-hydrogen) atoms. The smallest absolute Gasteiger partial charge is 0.119 e. The Morgan fingerprint density at radius 1 is 1.33 bits per heavy atom. The van der Waals surface area contributed by atoms with Crippen LogP contribution in [0.15, 0.2) is 18.2 Å². The molecule has 0 fully saturated rings. The molecule has 1 aromatic rings. The fourth-order valence-corrected chi connectivity index (χ4v) is 1.66. The van der Waals surface area contributed by atoms with Gasteiger partial charge in [0.1, 0.15) is 11.4 Å². The third-order valence-electron chi connectivity index (χ3n) is 2.84. The van der Waals surface area contributed by atoms with Crippen molar-refractivity contribution >= 4 is 0 Å². The number of hydrogen-bond donors (Lipinski definition) is 1. The zero-order valence-electron chi connectivity index (χ0n) is 9.83. The van der Waals surface area contributed by atoms with Crippen LogP contribution in [0.25, 0.3) is 0 Å². The second kappa shape index (κ2) is 4.64. The maximum Gasteiger partial charge on any atom is 0.119 e. The van der Waals surface area contributed by atoms with E-state index in [4.69, 9.17) is 15.2 Å². The molecule has 3 heteroatoms. The Hall–Kier alpha value is -1.06. The van der Waals surface area contributed by atoms with Crippen molar-refractivity contribution in [1.29, 1.82) is 0 Å². The summed E-state index contributed by atoms with van der Waals surface area (Å²) in [6.45, 7) is 4.48. The van der Waals surface area contributed by atoms with Crippen molar-refractivity contribution in [2.24, 2.45) is 5.73 Å². The van der Waals surface area contributed by atoms with E-state index in [9.17, 15) is 0 Å². The van der Waals surface area contributed by atoms with E-state index in [2.05, 4.69) is 0 Å². The lowest BCUT2D eigenvalue weighted by Crippen LogP contribution is -2.34. The molecule has 0 saturated heterocycles. The molecule has 2 N–H and O–H groups in total. The highest BCUT2D eigenvalue weighted by Gasteiger charge is 2.26. The van der Waals surface area contributed by atoms with Crippen LogP contribution in [0.4, 0.5) is 0 Å². The molecule has 0 radical (unpaired) electrons. The van der Waals surface area contributed by atoms with Crippen molar-refractivity contribution in [2.75, 3.05) is 20.8 Å². The minimum absolute atomic E-state index is 0.420. The topological polar surface area (TPSA) is 44.5 Å². The van der Waals surface area contributed by atoms with Gasteiger partial charge in [0.15, 0.2) is 0 Å². The van der Waals surface area contributed by atoms with Gasteiger partial charge in [0.05, 0.1) is 7.11 Å². The number of ether oxygens (including phenoxy) is 2. The van der Waals surface area contributed by atoms with Gasteiger partial charge in [0.2, 0.25) is 0 Å². The van der Waals surface area contributed by atoms with Crippen LogP contribution >= 0.6 is 0 Å². The maximum absolute atomic E-state index is 5.73. The molecule has 0 saturated carbocycles. The summed E-state index contributed by atoms with van der Waals surface area (Å²) < 4.78 is 10.6. The monoisotopic (exact) mass is 209 g/mol. The van der Waals surface area contributed by atoms with E-state index in [-0.39, 0.29) is 0 Å². The fraction of sp³-hybridized carbons (Fsp3) is 0.500. The van der Waals surface area contributed by atoms with Gasteiger partial charge in [0, 0.05) is 13.7 Å². The van der Waals surface area contributed by atoms with Crippen LogP contribution in [-0.2, 0) is 10.3 Å². The zero-order valence-corrected chi connectivity index (χ0v) is 9.83. The highest BCUT2D eigenvalue weighted by molar-refractivity contribution is 5.38. The molecule has 0 amide bonds. The third kappa shape index (κ3) is 2.30. The molecule has 0 aliphatic heterocycles. The Morgan fingerprint density at radius 3 is 2.40 bits per heavy atom. The second-order valence-electron chi connectivity index (χ2n) is 3.82. The first-order chi connectivity index (χ1) is 7.07. The first-order valence-corrected chi connectivity index (χ1v) is 4.97. The van der Waals surface area contributed by atoms with Gasteiger partial charge in [-0.2, -0.15) is 0 Å². The Balaban J connectivity index is 3.14. The number of rotatable bonds is 4. The Morgan fingerprint density at radius 2 is 2.00 bits per heavy atom. The lowest BCUT2D eigenvalue weighted by Gasteiger charge is -2.28. The molecule has 1 unspecified atom stereocenters. The summed E-state index contributed by atoms with van der Waals surface area (Å²) in [5.74, 6) is 0.853. The van der Waals surface area contributed by atoms with Gasteiger partial charge in [-0.15, -0.1) is 0 Å². The number of hydrogen-bond acceptors (Lipinski definition) is 3. The van der Waals surface area contributed by atoms with Crippen LogP contribution in [-0.4, -0.2) is 20.8 Å². The summed E-state index contributed by atoms with van der Waals surface area (Å²) >= 11 is 0. The van der Waals surface area contributed by atoms with E-state index in [0.717, 1.165) is 16.9 Å². The van der Waals surface area contributed by atoms with Gasteiger partial charge in [-0.3, -0.25) is 0 Å². The van der Waals surface area contributed by atoms with Crippen molar-refractivity contribution in [3.63, 3.8) is 0 Å². The van der Waals surface area contributed by atoms with Crippen molar-refractivity contribution in [3.8, 4) is 5.75 Å². The molecule has 1 atom stereocenters. The average Bonchev–Trinajstić information content (AvgIpc) is 2.27. The van der Waals surface area contributed by atoms with Gasteiger partial charge >= 0.3 is 0 Å². The van der Waals surface area contributed by atoms with Crippen LogP contribution in [0.3, 0.4) is 0 Å². The Labute approximate surface area is 91.2 Å². The lowest BCUT2D eigenvalue weighted by atomic mass is 9.91. The van der Waals surface area contributed by atoms with Crippen LogP contribution < -0.4 is 10.5 Å². The largest absolute Gasteiger partial charge is 0.497 e. The predicted octanol–water partition coefficient (Wildman–Crippen LogP) is 1.82.